The van der Waals surface area contributed by atoms with Crippen molar-refractivity contribution in [3.63, 3.8) is 0 Å². The van der Waals surface area contributed by atoms with Crippen molar-refractivity contribution < 1.29 is 18.0 Å². The number of hydrogen-bond donors (Lipinski definition) is 3. The minimum absolute atomic E-state index is 0.0167. The summed E-state index contributed by atoms with van der Waals surface area (Å²) in [5.41, 5.74) is 9.01. The fraction of sp³-hybridized carbons (Fsp3) is 0.167. The molecule has 0 aliphatic carbocycles. The van der Waals surface area contributed by atoms with Gasteiger partial charge in [-0.2, -0.15) is 0 Å². The van der Waals surface area contributed by atoms with E-state index in [0.29, 0.717) is 5.69 Å². The van der Waals surface area contributed by atoms with E-state index in [1.807, 2.05) is 50.2 Å². The van der Waals surface area contributed by atoms with Crippen molar-refractivity contribution in [3.8, 4) is 0 Å². The van der Waals surface area contributed by atoms with E-state index < -0.39 is 27.9 Å². The van der Waals surface area contributed by atoms with Gasteiger partial charge in [-0.05, 0) is 66.9 Å². The number of nitrogens with two attached hydrogens (primary N) is 1. The van der Waals surface area contributed by atoms with Gasteiger partial charge >= 0.3 is 0 Å². The van der Waals surface area contributed by atoms with Gasteiger partial charge in [0.15, 0.2) is 0 Å². The van der Waals surface area contributed by atoms with Gasteiger partial charge in [0.2, 0.25) is 5.91 Å². The summed E-state index contributed by atoms with van der Waals surface area (Å²) in [5.74, 6) is -1.17. The Hall–Kier alpha value is -3.65. The van der Waals surface area contributed by atoms with E-state index in [2.05, 4.69) is 10.0 Å². The van der Waals surface area contributed by atoms with E-state index in [9.17, 15) is 18.0 Å². The van der Waals surface area contributed by atoms with E-state index in [-0.39, 0.29) is 16.9 Å². The minimum atomic E-state index is -3.82. The quantitative estimate of drug-likeness (QED) is 0.488. The van der Waals surface area contributed by atoms with Crippen LogP contribution in [0.1, 0.15) is 27.0 Å². The van der Waals surface area contributed by atoms with E-state index in [0.717, 1.165) is 16.7 Å². The lowest BCUT2D eigenvalue weighted by Crippen LogP contribution is -2.45. The molecule has 32 heavy (non-hydrogen) atoms. The fourth-order valence-corrected chi connectivity index (χ4v) is 4.17. The van der Waals surface area contributed by atoms with Gasteiger partial charge in [0.05, 0.1) is 4.90 Å². The molecule has 0 aliphatic rings. The lowest BCUT2D eigenvalue weighted by atomic mass is 10.0. The lowest BCUT2D eigenvalue weighted by Gasteiger charge is -2.16. The van der Waals surface area contributed by atoms with Gasteiger partial charge < -0.3 is 11.1 Å². The van der Waals surface area contributed by atoms with Crippen molar-refractivity contribution in [2.45, 2.75) is 31.2 Å². The first-order valence-electron chi connectivity index (χ1n) is 10.00. The van der Waals surface area contributed by atoms with E-state index in [1.54, 1.807) is 12.1 Å². The number of anilines is 1. The van der Waals surface area contributed by atoms with Gasteiger partial charge in [-0.25, -0.2) is 8.42 Å². The second-order valence-corrected chi connectivity index (χ2v) is 9.23. The van der Waals surface area contributed by atoms with Crippen LogP contribution in [-0.2, 0) is 21.2 Å². The summed E-state index contributed by atoms with van der Waals surface area (Å²) in [4.78, 5) is 24.4. The third-order valence-electron chi connectivity index (χ3n) is 5.12. The van der Waals surface area contributed by atoms with Gasteiger partial charge in [0.25, 0.3) is 15.9 Å². The highest BCUT2D eigenvalue weighted by molar-refractivity contribution is 7.92. The molecule has 0 saturated heterocycles. The van der Waals surface area contributed by atoms with E-state index in [1.165, 1.54) is 24.3 Å². The topological polar surface area (TPSA) is 118 Å². The summed E-state index contributed by atoms with van der Waals surface area (Å²) < 4.78 is 27.9. The van der Waals surface area contributed by atoms with Crippen molar-refractivity contribution in [2.75, 3.05) is 4.72 Å². The van der Waals surface area contributed by atoms with Crippen LogP contribution >= 0.6 is 0 Å². The summed E-state index contributed by atoms with van der Waals surface area (Å²) in [7, 11) is -3.82. The van der Waals surface area contributed by atoms with Crippen molar-refractivity contribution in [1.82, 2.24) is 5.32 Å². The summed E-state index contributed by atoms with van der Waals surface area (Å²) >= 11 is 0. The number of carbonyl (C=O) groups is 2. The summed E-state index contributed by atoms with van der Waals surface area (Å²) in [5, 5.41) is 2.61. The first-order chi connectivity index (χ1) is 15.2. The molecule has 0 fully saturated rings. The second kappa shape index (κ2) is 9.65. The average molecular weight is 452 g/mol. The van der Waals surface area contributed by atoms with Crippen LogP contribution in [0.5, 0.6) is 0 Å². The van der Waals surface area contributed by atoms with Crippen LogP contribution in [0, 0.1) is 13.8 Å². The first kappa shape index (κ1) is 23.0. The zero-order valence-electron chi connectivity index (χ0n) is 17.8. The molecular weight excluding hydrogens is 426 g/mol. The van der Waals surface area contributed by atoms with Crippen LogP contribution in [0.3, 0.4) is 0 Å². The largest absolute Gasteiger partial charge is 0.368 e. The number of rotatable bonds is 8. The molecule has 0 spiro atoms. The zero-order valence-corrected chi connectivity index (χ0v) is 18.6. The highest BCUT2D eigenvalue weighted by Crippen LogP contribution is 2.19. The molecule has 0 heterocycles. The number of benzene rings is 3. The maximum atomic E-state index is 12.7. The molecule has 2 amide bonds. The minimum Gasteiger partial charge on any atom is -0.368 e. The Morgan fingerprint density at radius 2 is 1.56 bits per heavy atom. The third kappa shape index (κ3) is 5.73. The predicted octanol–water partition coefficient (Wildman–Crippen LogP) is 2.93. The Balaban J connectivity index is 1.71. The molecule has 166 valence electrons. The number of amides is 2. The highest BCUT2D eigenvalue weighted by Gasteiger charge is 2.20. The number of sulfonamides is 1. The Bertz CT molecular complexity index is 1220. The van der Waals surface area contributed by atoms with Gasteiger partial charge in [0, 0.05) is 17.7 Å². The number of carbonyl (C=O) groups excluding carboxylic acids is 2. The number of primary amides is 1. The molecule has 3 aromatic rings. The number of hydrogen-bond acceptors (Lipinski definition) is 4. The molecule has 8 heteroatoms. The number of aryl methyl sites for hydroxylation is 2. The molecule has 1 atom stereocenters. The van der Waals surface area contributed by atoms with Crippen molar-refractivity contribution in [2.24, 2.45) is 5.73 Å². The summed E-state index contributed by atoms with van der Waals surface area (Å²) in [6.45, 7) is 3.84. The van der Waals surface area contributed by atoms with Crippen molar-refractivity contribution in [1.29, 1.82) is 0 Å². The smallest absolute Gasteiger partial charge is 0.261 e. The predicted molar refractivity (Wildman–Crippen MR) is 124 cm³/mol. The summed E-state index contributed by atoms with van der Waals surface area (Å²) in [6, 6.07) is 19.1. The van der Waals surface area contributed by atoms with Gasteiger partial charge in [-0.3, -0.25) is 14.3 Å². The first-order valence-corrected chi connectivity index (χ1v) is 11.5. The van der Waals surface area contributed by atoms with Gasteiger partial charge in [0.1, 0.15) is 6.04 Å². The Morgan fingerprint density at radius 1 is 0.906 bits per heavy atom. The number of nitrogens with one attached hydrogen (secondary N) is 2. The van der Waals surface area contributed by atoms with Crippen LogP contribution < -0.4 is 15.8 Å². The maximum Gasteiger partial charge on any atom is 0.261 e. The highest BCUT2D eigenvalue weighted by atomic mass is 32.2. The molecule has 0 radical (unpaired) electrons. The molecule has 0 saturated carbocycles. The lowest BCUT2D eigenvalue weighted by molar-refractivity contribution is -0.119. The third-order valence-corrected chi connectivity index (χ3v) is 6.51. The average Bonchev–Trinajstić information content (AvgIpc) is 2.76. The van der Waals surface area contributed by atoms with Crippen LogP contribution in [-0.4, -0.2) is 26.3 Å². The second-order valence-electron chi connectivity index (χ2n) is 7.55. The molecular formula is C24H25N3O4S. The molecule has 0 aliphatic heterocycles. The molecule has 4 N–H and O–H groups in total. The molecule has 3 aromatic carbocycles. The normalized spacial score (nSPS) is 12.1. The Kier molecular flexibility index (Phi) is 6.95. The van der Waals surface area contributed by atoms with Crippen LogP contribution in [0.4, 0.5) is 5.69 Å². The SMILES string of the molecule is Cc1ccc(NS(=O)(=O)c2ccc(C(=O)NC(Cc3ccccc3)C(N)=O)cc2)cc1C. The van der Waals surface area contributed by atoms with E-state index >= 15 is 0 Å². The van der Waals surface area contributed by atoms with Crippen LogP contribution in [0.15, 0.2) is 77.7 Å². The Labute approximate surface area is 187 Å². The fourth-order valence-electron chi connectivity index (χ4n) is 3.12. The molecule has 3 rings (SSSR count). The molecule has 7 nitrogen and oxygen atoms in total. The summed E-state index contributed by atoms with van der Waals surface area (Å²) in [6.07, 6.45) is 0.258. The molecule has 1 unspecified atom stereocenters. The van der Waals surface area contributed by atoms with Crippen LogP contribution in [0.2, 0.25) is 0 Å². The van der Waals surface area contributed by atoms with Gasteiger partial charge in [-0.15, -0.1) is 0 Å². The van der Waals surface area contributed by atoms with Crippen LogP contribution in [0.25, 0.3) is 0 Å². The molecule has 0 bridgehead atoms. The molecule has 0 aromatic heterocycles. The standard InChI is InChI=1S/C24H25N3O4S/c1-16-8-11-20(14-17(16)2)27-32(30,31)21-12-9-19(10-13-21)24(29)26-22(23(25)28)15-18-6-4-3-5-7-18/h3-14,22,27H,15H2,1-2H3,(H2,25,28)(H,26,29). The Morgan fingerprint density at radius 3 is 2.16 bits per heavy atom. The monoisotopic (exact) mass is 451 g/mol. The maximum absolute atomic E-state index is 12.7. The zero-order chi connectivity index (χ0) is 23.3. The van der Waals surface area contributed by atoms with Crippen molar-refractivity contribution >= 4 is 27.5 Å². The van der Waals surface area contributed by atoms with E-state index in [4.69, 9.17) is 5.73 Å². The van der Waals surface area contributed by atoms with Gasteiger partial charge in [-0.1, -0.05) is 36.4 Å². The van der Waals surface area contributed by atoms with Crippen molar-refractivity contribution in [3.05, 3.63) is 95.1 Å².